The third kappa shape index (κ3) is 4.53. The zero-order chi connectivity index (χ0) is 13.7. The first-order valence-corrected chi connectivity index (χ1v) is 7.95. The van der Waals surface area contributed by atoms with E-state index in [0.29, 0.717) is 12.4 Å². The van der Waals surface area contributed by atoms with Crippen LogP contribution in [0.25, 0.3) is 0 Å². The molecule has 8 nitrogen and oxygen atoms in total. The second-order valence-electron chi connectivity index (χ2n) is 4.59. The largest absolute Gasteiger partial charge is 0.320 e. The van der Waals surface area contributed by atoms with Gasteiger partial charge in [-0.2, -0.15) is 0 Å². The highest BCUT2D eigenvalue weighted by Crippen LogP contribution is 1.96. The molecule has 2 heterocycles. The zero-order valence-electron chi connectivity index (χ0n) is 11.0. The molecule has 0 atom stereocenters. The van der Waals surface area contributed by atoms with Crippen molar-refractivity contribution in [1.82, 2.24) is 29.7 Å². The van der Waals surface area contributed by atoms with Gasteiger partial charge in [-0.05, 0) is 0 Å². The van der Waals surface area contributed by atoms with E-state index < -0.39 is 10.0 Å². The van der Waals surface area contributed by atoms with Crippen molar-refractivity contribution in [2.24, 2.45) is 7.05 Å². The van der Waals surface area contributed by atoms with Crippen molar-refractivity contribution >= 4 is 10.0 Å². The van der Waals surface area contributed by atoms with Gasteiger partial charge in [-0.3, -0.25) is 4.90 Å². The maximum absolute atomic E-state index is 11.9. The lowest BCUT2D eigenvalue weighted by Crippen LogP contribution is -2.45. The third-order valence-electron chi connectivity index (χ3n) is 3.14. The van der Waals surface area contributed by atoms with E-state index in [1.165, 1.54) is 0 Å². The molecule has 0 amide bonds. The first-order chi connectivity index (χ1) is 9.07. The van der Waals surface area contributed by atoms with Crippen molar-refractivity contribution in [3.8, 4) is 0 Å². The van der Waals surface area contributed by atoms with E-state index in [9.17, 15) is 8.42 Å². The van der Waals surface area contributed by atoms with E-state index in [4.69, 9.17) is 0 Å². The van der Waals surface area contributed by atoms with Crippen LogP contribution in [0.3, 0.4) is 0 Å². The average Bonchev–Trinajstić information content (AvgIpc) is 2.81. The Labute approximate surface area is 113 Å². The minimum Gasteiger partial charge on any atom is -0.320 e. The lowest BCUT2D eigenvalue weighted by Gasteiger charge is -2.26. The van der Waals surface area contributed by atoms with Crippen molar-refractivity contribution in [2.45, 2.75) is 6.54 Å². The summed E-state index contributed by atoms with van der Waals surface area (Å²) in [6, 6.07) is 0. The summed E-state index contributed by atoms with van der Waals surface area (Å²) in [7, 11) is -1.48. The van der Waals surface area contributed by atoms with Crippen LogP contribution in [-0.4, -0.2) is 66.6 Å². The van der Waals surface area contributed by atoms with Crippen LogP contribution in [0.5, 0.6) is 0 Å². The third-order valence-corrected chi connectivity index (χ3v) is 4.45. The van der Waals surface area contributed by atoms with Crippen molar-refractivity contribution in [2.75, 3.05) is 38.5 Å². The fraction of sp³-hybridized carbons (Fsp3) is 0.800. The lowest BCUT2D eigenvalue weighted by molar-refractivity contribution is 0.253. The normalized spacial score (nSPS) is 17.7. The van der Waals surface area contributed by atoms with Crippen LogP contribution in [-0.2, 0) is 23.6 Å². The Balaban J connectivity index is 1.76. The quantitative estimate of drug-likeness (QED) is 0.638. The van der Waals surface area contributed by atoms with Crippen LogP contribution < -0.4 is 10.0 Å². The Morgan fingerprint density at radius 3 is 2.79 bits per heavy atom. The first kappa shape index (κ1) is 14.4. The number of rotatable bonds is 6. The molecule has 1 aromatic rings. The van der Waals surface area contributed by atoms with Crippen LogP contribution in [0, 0.1) is 0 Å². The predicted molar refractivity (Wildman–Crippen MR) is 70.9 cm³/mol. The summed E-state index contributed by atoms with van der Waals surface area (Å²) >= 11 is 0. The molecule has 2 rings (SSSR count). The Kier molecular flexibility index (Phi) is 4.86. The van der Waals surface area contributed by atoms with Gasteiger partial charge < -0.3 is 9.88 Å². The number of nitrogens with zero attached hydrogens (tertiary/aromatic N) is 4. The molecule has 0 bridgehead atoms. The molecule has 0 spiro atoms. The van der Waals surface area contributed by atoms with Crippen molar-refractivity contribution < 1.29 is 8.42 Å². The maximum Gasteiger partial charge on any atom is 0.213 e. The molecule has 1 saturated heterocycles. The maximum atomic E-state index is 11.9. The molecule has 0 aromatic carbocycles. The summed E-state index contributed by atoms with van der Waals surface area (Å²) in [5.74, 6) is 0.718. The molecule has 0 saturated carbocycles. The van der Waals surface area contributed by atoms with Gasteiger partial charge in [0.15, 0.2) is 0 Å². The van der Waals surface area contributed by atoms with E-state index in [1.54, 1.807) is 17.9 Å². The average molecular weight is 288 g/mol. The van der Waals surface area contributed by atoms with Crippen LogP contribution in [0.15, 0.2) is 6.33 Å². The summed E-state index contributed by atoms with van der Waals surface area (Å²) < 4.78 is 28.0. The molecule has 1 aromatic heterocycles. The van der Waals surface area contributed by atoms with Gasteiger partial charge in [0.1, 0.15) is 12.2 Å². The molecular weight excluding hydrogens is 268 g/mol. The van der Waals surface area contributed by atoms with E-state index in [1.807, 2.05) is 0 Å². The van der Waals surface area contributed by atoms with Gasteiger partial charge in [0.25, 0.3) is 0 Å². The summed E-state index contributed by atoms with van der Waals surface area (Å²) in [5.41, 5.74) is 0. The SMILES string of the molecule is Cn1cnnc1CNS(=O)(=O)CCN1CCNCC1. The highest BCUT2D eigenvalue weighted by atomic mass is 32.2. The Hall–Kier alpha value is -1.03. The second kappa shape index (κ2) is 6.42. The van der Waals surface area contributed by atoms with Crippen molar-refractivity contribution in [3.63, 3.8) is 0 Å². The molecule has 9 heteroatoms. The molecule has 0 aliphatic carbocycles. The van der Waals surface area contributed by atoms with Crippen LogP contribution in [0.2, 0.25) is 0 Å². The standard InChI is InChI=1S/C10H20N6O2S/c1-15-9-12-14-10(15)8-13-19(17,18)7-6-16-4-2-11-3-5-16/h9,11,13H,2-8H2,1H3. The first-order valence-electron chi connectivity index (χ1n) is 6.30. The summed E-state index contributed by atoms with van der Waals surface area (Å²) in [6.07, 6.45) is 1.55. The molecule has 1 aliphatic heterocycles. The van der Waals surface area contributed by atoms with Gasteiger partial charge in [-0.25, -0.2) is 13.1 Å². The fourth-order valence-corrected chi connectivity index (χ4v) is 2.89. The molecule has 108 valence electrons. The van der Waals surface area contributed by atoms with Crippen molar-refractivity contribution in [1.29, 1.82) is 0 Å². The van der Waals surface area contributed by atoms with Gasteiger partial charge in [-0.15, -0.1) is 10.2 Å². The zero-order valence-corrected chi connectivity index (χ0v) is 11.9. The predicted octanol–water partition coefficient (Wildman–Crippen LogP) is -1.86. The molecule has 0 unspecified atom stereocenters. The molecule has 19 heavy (non-hydrogen) atoms. The highest BCUT2D eigenvalue weighted by molar-refractivity contribution is 7.89. The number of hydrogen-bond acceptors (Lipinski definition) is 6. The second-order valence-corrected chi connectivity index (χ2v) is 6.52. The fourth-order valence-electron chi connectivity index (χ4n) is 1.90. The van der Waals surface area contributed by atoms with Gasteiger partial charge in [0.05, 0.1) is 12.3 Å². The molecule has 2 N–H and O–H groups in total. The summed E-state index contributed by atoms with van der Waals surface area (Å²) in [5, 5.41) is 10.8. The van der Waals surface area contributed by atoms with Gasteiger partial charge in [0, 0.05) is 39.8 Å². The minimum atomic E-state index is -3.27. The van der Waals surface area contributed by atoms with Crippen LogP contribution >= 0.6 is 0 Å². The number of nitrogens with one attached hydrogen (secondary N) is 2. The molecule has 1 aliphatic rings. The Morgan fingerprint density at radius 1 is 1.42 bits per heavy atom. The van der Waals surface area contributed by atoms with E-state index >= 15 is 0 Å². The number of piperazine rings is 1. The van der Waals surface area contributed by atoms with Gasteiger partial charge in [0.2, 0.25) is 10.0 Å². The summed E-state index contributed by atoms with van der Waals surface area (Å²) in [6.45, 7) is 4.40. The monoisotopic (exact) mass is 288 g/mol. The topological polar surface area (TPSA) is 92.1 Å². The Bertz CT molecular complexity index is 494. The van der Waals surface area contributed by atoms with Gasteiger partial charge in [-0.1, -0.05) is 0 Å². The minimum absolute atomic E-state index is 0.116. The lowest BCUT2D eigenvalue weighted by atomic mass is 10.4. The molecular formula is C10H20N6O2S. The van der Waals surface area contributed by atoms with E-state index in [0.717, 1.165) is 26.2 Å². The smallest absolute Gasteiger partial charge is 0.213 e. The number of hydrogen-bond donors (Lipinski definition) is 2. The molecule has 0 radical (unpaired) electrons. The molecule has 1 fully saturated rings. The summed E-state index contributed by atoms with van der Waals surface area (Å²) in [4.78, 5) is 2.15. The van der Waals surface area contributed by atoms with E-state index in [-0.39, 0.29) is 12.3 Å². The van der Waals surface area contributed by atoms with Gasteiger partial charge >= 0.3 is 0 Å². The highest BCUT2D eigenvalue weighted by Gasteiger charge is 2.15. The van der Waals surface area contributed by atoms with Crippen molar-refractivity contribution in [3.05, 3.63) is 12.2 Å². The Morgan fingerprint density at radius 2 is 2.16 bits per heavy atom. The number of aromatic nitrogens is 3. The van der Waals surface area contributed by atoms with Crippen LogP contribution in [0.4, 0.5) is 0 Å². The number of sulfonamides is 1. The van der Waals surface area contributed by atoms with E-state index in [2.05, 4.69) is 25.1 Å². The number of aryl methyl sites for hydroxylation is 1. The van der Waals surface area contributed by atoms with Crippen LogP contribution in [0.1, 0.15) is 5.82 Å².